The van der Waals surface area contributed by atoms with E-state index in [-0.39, 0.29) is 6.03 Å². The van der Waals surface area contributed by atoms with Gasteiger partial charge in [-0.1, -0.05) is 18.2 Å². The minimum absolute atomic E-state index is 0.262. The summed E-state index contributed by atoms with van der Waals surface area (Å²) in [5.74, 6) is 0.248. The van der Waals surface area contributed by atoms with Gasteiger partial charge in [-0.05, 0) is 49.6 Å². The molecule has 0 atom stereocenters. The van der Waals surface area contributed by atoms with Gasteiger partial charge in [-0.25, -0.2) is 4.79 Å². The molecule has 1 heterocycles. The Balaban J connectivity index is 1.65. The third-order valence-electron chi connectivity index (χ3n) is 5.00. The van der Waals surface area contributed by atoms with Crippen LogP contribution in [0.1, 0.15) is 29.6 Å². The average Bonchev–Trinajstić information content (AvgIpc) is 2.75. The molecule has 3 rings (SSSR count). The molecule has 154 valence electrons. The molecule has 7 heteroatoms. The summed E-state index contributed by atoms with van der Waals surface area (Å²) in [5, 5.41) is 2.93. The Hall–Kier alpha value is -3.22. The van der Waals surface area contributed by atoms with Crippen LogP contribution in [0, 0.1) is 0 Å². The fraction of sp³-hybridized carbons (Fsp3) is 0.364. The van der Waals surface area contributed by atoms with Gasteiger partial charge < -0.3 is 25.6 Å². The lowest BCUT2D eigenvalue weighted by atomic mass is 10.1. The zero-order valence-electron chi connectivity index (χ0n) is 16.8. The zero-order chi connectivity index (χ0) is 20.6. The van der Waals surface area contributed by atoms with E-state index in [9.17, 15) is 9.59 Å². The fourth-order valence-corrected chi connectivity index (χ4v) is 3.33. The van der Waals surface area contributed by atoms with Gasteiger partial charge in [0.05, 0.1) is 17.9 Å². The molecule has 1 saturated heterocycles. The number of nitrogens with one attached hydrogen (secondary N) is 1. The average molecular weight is 396 g/mol. The van der Waals surface area contributed by atoms with Crippen molar-refractivity contribution in [1.29, 1.82) is 0 Å². The Kier molecular flexibility index (Phi) is 6.94. The van der Waals surface area contributed by atoms with Crippen molar-refractivity contribution >= 4 is 23.3 Å². The van der Waals surface area contributed by atoms with Crippen molar-refractivity contribution in [2.24, 2.45) is 5.73 Å². The lowest BCUT2D eigenvalue weighted by molar-refractivity contribution is 0.1000. The van der Waals surface area contributed by atoms with Gasteiger partial charge in [0, 0.05) is 25.7 Å². The van der Waals surface area contributed by atoms with Crippen LogP contribution in [0.25, 0.3) is 0 Å². The number of nitrogens with zero attached hydrogens (tertiary/aromatic N) is 2. The minimum atomic E-state index is -0.518. The van der Waals surface area contributed by atoms with Crippen LogP contribution in [-0.2, 0) is 0 Å². The van der Waals surface area contributed by atoms with Crippen molar-refractivity contribution in [3.8, 4) is 5.75 Å². The number of piperidine rings is 1. The molecule has 0 bridgehead atoms. The predicted octanol–water partition coefficient (Wildman–Crippen LogP) is 3.32. The van der Waals surface area contributed by atoms with Gasteiger partial charge in [-0.15, -0.1) is 0 Å². The lowest BCUT2D eigenvalue weighted by Crippen LogP contribution is -2.36. The van der Waals surface area contributed by atoms with E-state index in [1.165, 1.54) is 6.42 Å². The largest absolute Gasteiger partial charge is 0.492 e. The molecule has 0 unspecified atom stereocenters. The summed E-state index contributed by atoms with van der Waals surface area (Å²) in [7, 11) is 1.71. The van der Waals surface area contributed by atoms with E-state index in [2.05, 4.69) is 10.2 Å². The van der Waals surface area contributed by atoms with E-state index in [1.54, 1.807) is 24.1 Å². The number of likely N-dealkylation sites (N-methyl/N-ethyl adjacent to an activating group) is 1. The fourth-order valence-electron chi connectivity index (χ4n) is 3.33. The number of benzene rings is 2. The maximum absolute atomic E-state index is 12.7. The van der Waals surface area contributed by atoms with Crippen LogP contribution in [0.2, 0.25) is 0 Å². The van der Waals surface area contributed by atoms with Crippen molar-refractivity contribution in [2.75, 3.05) is 43.5 Å². The summed E-state index contributed by atoms with van der Waals surface area (Å²) in [6.45, 7) is 2.67. The molecule has 0 spiro atoms. The van der Waals surface area contributed by atoms with Crippen LogP contribution in [0.3, 0.4) is 0 Å². The van der Waals surface area contributed by atoms with Gasteiger partial charge in [0.2, 0.25) is 5.91 Å². The molecule has 0 aromatic heterocycles. The second-order valence-corrected chi connectivity index (χ2v) is 7.16. The highest BCUT2D eigenvalue weighted by Gasteiger charge is 2.18. The predicted molar refractivity (Wildman–Crippen MR) is 115 cm³/mol. The van der Waals surface area contributed by atoms with Crippen LogP contribution in [0.5, 0.6) is 5.75 Å². The number of nitrogens with two attached hydrogens (primary N) is 1. The quantitative estimate of drug-likeness (QED) is 0.751. The van der Waals surface area contributed by atoms with Crippen LogP contribution >= 0.6 is 0 Å². The van der Waals surface area contributed by atoms with E-state index >= 15 is 0 Å². The summed E-state index contributed by atoms with van der Waals surface area (Å²) >= 11 is 0. The molecule has 0 aliphatic carbocycles. The van der Waals surface area contributed by atoms with Crippen molar-refractivity contribution in [3.05, 3.63) is 54.1 Å². The maximum Gasteiger partial charge on any atom is 0.321 e. The Morgan fingerprint density at radius 2 is 1.83 bits per heavy atom. The molecule has 7 nitrogen and oxygen atoms in total. The second kappa shape index (κ2) is 9.82. The Morgan fingerprint density at radius 3 is 2.52 bits per heavy atom. The Bertz CT molecular complexity index is 835. The van der Waals surface area contributed by atoms with Crippen molar-refractivity contribution in [3.63, 3.8) is 0 Å². The molecular weight excluding hydrogens is 368 g/mol. The summed E-state index contributed by atoms with van der Waals surface area (Å²) < 4.78 is 5.66. The van der Waals surface area contributed by atoms with Crippen LogP contribution in [0.4, 0.5) is 16.2 Å². The van der Waals surface area contributed by atoms with Crippen molar-refractivity contribution < 1.29 is 14.3 Å². The monoisotopic (exact) mass is 396 g/mol. The minimum Gasteiger partial charge on any atom is -0.492 e. The number of urea groups is 1. The van der Waals surface area contributed by atoms with Gasteiger partial charge in [-0.3, -0.25) is 4.79 Å². The smallest absolute Gasteiger partial charge is 0.321 e. The van der Waals surface area contributed by atoms with Gasteiger partial charge >= 0.3 is 6.03 Å². The van der Waals surface area contributed by atoms with Crippen LogP contribution in [0.15, 0.2) is 48.5 Å². The number of amides is 3. The van der Waals surface area contributed by atoms with Gasteiger partial charge in [0.15, 0.2) is 0 Å². The molecule has 3 N–H and O–H groups in total. The highest BCUT2D eigenvalue weighted by atomic mass is 16.5. The summed E-state index contributed by atoms with van der Waals surface area (Å²) in [6, 6.07) is 14.4. The van der Waals surface area contributed by atoms with E-state index < -0.39 is 5.91 Å². The van der Waals surface area contributed by atoms with Gasteiger partial charge in [-0.2, -0.15) is 0 Å². The summed E-state index contributed by atoms with van der Waals surface area (Å²) in [5.41, 5.74) is 7.32. The molecular formula is C22H28N4O3. The van der Waals surface area contributed by atoms with E-state index in [0.717, 1.165) is 37.4 Å². The van der Waals surface area contributed by atoms with Crippen molar-refractivity contribution in [1.82, 2.24) is 4.90 Å². The van der Waals surface area contributed by atoms with Crippen LogP contribution in [-0.4, -0.2) is 50.1 Å². The first kappa shape index (κ1) is 20.5. The standard InChI is InChI=1S/C22H28N4O3/c1-25(14-15-29-18-8-4-2-5-9-18)22(28)24-19-16-17(21(23)27)10-11-20(19)26-12-6-3-7-13-26/h2,4-5,8-11,16H,3,6-7,12-15H2,1H3,(H2,23,27)(H,24,28). The third-order valence-corrected chi connectivity index (χ3v) is 5.00. The first-order valence-electron chi connectivity index (χ1n) is 9.93. The number of hydrogen-bond donors (Lipinski definition) is 2. The molecule has 1 aliphatic heterocycles. The molecule has 1 aliphatic rings. The van der Waals surface area contributed by atoms with Crippen LogP contribution < -0.4 is 20.7 Å². The number of ether oxygens (including phenoxy) is 1. The number of anilines is 2. The van der Waals surface area contributed by atoms with Gasteiger partial charge in [0.25, 0.3) is 0 Å². The number of carbonyl (C=O) groups is 2. The number of para-hydroxylation sites is 1. The highest BCUT2D eigenvalue weighted by molar-refractivity contribution is 5.98. The first-order chi connectivity index (χ1) is 14.0. The number of hydrogen-bond acceptors (Lipinski definition) is 4. The van der Waals surface area contributed by atoms with E-state index in [4.69, 9.17) is 10.5 Å². The SMILES string of the molecule is CN(CCOc1ccccc1)C(=O)Nc1cc(C(N)=O)ccc1N1CCCCC1. The number of carbonyl (C=O) groups excluding carboxylic acids is 2. The topological polar surface area (TPSA) is 87.9 Å². The van der Waals surface area contributed by atoms with E-state index in [0.29, 0.717) is 24.4 Å². The normalized spacial score (nSPS) is 13.6. The summed E-state index contributed by atoms with van der Waals surface area (Å²) in [6.07, 6.45) is 3.44. The molecule has 3 amide bonds. The third kappa shape index (κ3) is 5.63. The molecule has 1 fully saturated rings. The number of rotatable bonds is 7. The second-order valence-electron chi connectivity index (χ2n) is 7.16. The molecule has 0 saturated carbocycles. The van der Waals surface area contributed by atoms with E-state index in [1.807, 2.05) is 36.4 Å². The zero-order valence-corrected chi connectivity index (χ0v) is 16.8. The Morgan fingerprint density at radius 1 is 1.10 bits per heavy atom. The summed E-state index contributed by atoms with van der Waals surface area (Å²) in [4.78, 5) is 28.1. The lowest BCUT2D eigenvalue weighted by Gasteiger charge is -2.31. The Labute approximate surface area is 171 Å². The van der Waals surface area contributed by atoms with Gasteiger partial charge in [0.1, 0.15) is 12.4 Å². The first-order valence-corrected chi connectivity index (χ1v) is 9.93. The molecule has 29 heavy (non-hydrogen) atoms. The number of primary amides is 1. The molecule has 2 aromatic carbocycles. The molecule has 0 radical (unpaired) electrons. The van der Waals surface area contributed by atoms with Crippen molar-refractivity contribution in [2.45, 2.75) is 19.3 Å². The highest BCUT2D eigenvalue weighted by Crippen LogP contribution is 2.30. The maximum atomic E-state index is 12.7. The molecule has 2 aromatic rings.